The molecule has 29 heavy (non-hydrogen) atoms. The van der Waals surface area contributed by atoms with Crippen LogP contribution in [0.15, 0.2) is 30.5 Å². The third-order valence-corrected chi connectivity index (χ3v) is 4.93. The Balaban J connectivity index is 1.73. The molecule has 0 fully saturated rings. The van der Waals surface area contributed by atoms with E-state index in [-0.39, 0.29) is 18.3 Å². The van der Waals surface area contributed by atoms with E-state index in [2.05, 4.69) is 10.3 Å². The van der Waals surface area contributed by atoms with Crippen LogP contribution in [0.3, 0.4) is 0 Å². The van der Waals surface area contributed by atoms with Gasteiger partial charge in [-0.3, -0.25) is 4.79 Å². The number of nitrogens with one attached hydrogen (secondary N) is 1. The number of carbonyl (C=O) groups is 1. The number of aromatic nitrogens is 1. The highest BCUT2D eigenvalue weighted by atomic mass is 19.1. The van der Waals surface area contributed by atoms with Gasteiger partial charge in [0.05, 0.1) is 25.0 Å². The van der Waals surface area contributed by atoms with Gasteiger partial charge in [-0.05, 0) is 26.1 Å². The number of carbonyl (C=O) groups excluding carboxylic acids is 1. The van der Waals surface area contributed by atoms with Crippen molar-refractivity contribution < 1.29 is 18.7 Å². The number of methoxy groups -OCH3 is 1. The zero-order valence-electron chi connectivity index (χ0n) is 17.1. The first kappa shape index (κ1) is 20.9. The molecule has 2 heterocycles. The Morgan fingerprint density at radius 2 is 2.10 bits per heavy atom. The Morgan fingerprint density at radius 3 is 2.83 bits per heavy atom. The van der Waals surface area contributed by atoms with Gasteiger partial charge in [-0.15, -0.1) is 0 Å². The average Bonchev–Trinajstić information content (AvgIpc) is 2.84. The van der Waals surface area contributed by atoms with Gasteiger partial charge in [-0.25, -0.2) is 9.37 Å². The van der Waals surface area contributed by atoms with Gasteiger partial charge in [-0.1, -0.05) is 6.07 Å². The number of pyridine rings is 1. The van der Waals surface area contributed by atoms with Crippen molar-refractivity contribution in [2.24, 2.45) is 0 Å². The number of anilines is 1. The van der Waals surface area contributed by atoms with E-state index in [0.717, 1.165) is 18.7 Å². The first-order valence-electron chi connectivity index (χ1n) is 9.63. The number of fused-ring (bicyclic) bond motifs is 1. The van der Waals surface area contributed by atoms with Crippen molar-refractivity contribution in [3.05, 3.63) is 47.4 Å². The summed E-state index contributed by atoms with van der Waals surface area (Å²) in [6.07, 6.45) is 2.36. The number of amides is 1. The molecular formula is C21H27FN4O3. The largest absolute Gasteiger partial charge is 0.493 e. The maximum atomic E-state index is 14.6. The van der Waals surface area contributed by atoms with Crippen LogP contribution < -0.4 is 19.7 Å². The molecule has 0 atom stereocenters. The summed E-state index contributed by atoms with van der Waals surface area (Å²) in [5.74, 6) is 0.389. The molecule has 0 radical (unpaired) electrons. The molecule has 0 saturated heterocycles. The van der Waals surface area contributed by atoms with Crippen molar-refractivity contribution in [3.63, 3.8) is 0 Å². The van der Waals surface area contributed by atoms with Crippen molar-refractivity contribution in [1.82, 2.24) is 15.2 Å². The summed E-state index contributed by atoms with van der Waals surface area (Å²) in [4.78, 5) is 20.8. The van der Waals surface area contributed by atoms with Gasteiger partial charge in [-0.2, -0.15) is 0 Å². The number of likely N-dealkylation sites (N-methyl/N-ethyl adjacent to an activating group) is 1. The maximum absolute atomic E-state index is 14.6. The molecule has 0 spiro atoms. The highest BCUT2D eigenvalue weighted by Crippen LogP contribution is 2.28. The van der Waals surface area contributed by atoms with Crippen molar-refractivity contribution >= 4 is 11.6 Å². The summed E-state index contributed by atoms with van der Waals surface area (Å²) in [6.45, 7) is 2.65. The van der Waals surface area contributed by atoms with Gasteiger partial charge in [0.2, 0.25) is 5.88 Å². The zero-order chi connectivity index (χ0) is 20.8. The molecule has 1 N–H and O–H groups in total. The molecule has 0 aliphatic carbocycles. The molecule has 1 aliphatic heterocycles. The van der Waals surface area contributed by atoms with Crippen LogP contribution in [0.1, 0.15) is 22.3 Å². The third kappa shape index (κ3) is 4.95. The Labute approximate surface area is 170 Å². The standard InChI is InChI=1S/C21H27FN4O3/c1-23-7-4-10-29-16-6-5-15(18(22)11-16)14-26-9-8-25(2)19-12-20(28-3)24-13-17(19)21(26)27/h5-6,11-13,23H,4,7-10,14H2,1-3H3. The van der Waals surface area contributed by atoms with E-state index in [1.807, 2.05) is 19.0 Å². The number of benzene rings is 1. The van der Waals surface area contributed by atoms with Crippen LogP contribution in [0.4, 0.5) is 10.1 Å². The summed E-state index contributed by atoms with van der Waals surface area (Å²) in [6, 6.07) is 6.55. The summed E-state index contributed by atoms with van der Waals surface area (Å²) < 4.78 is 25.3. The van der Waals surface area contributed by atoms with Crippen LogP contribution in [0.5, 0.6) is 11.6 Å². The lowest BCUT2D eigenvalue weighted by Crippen LogP contribution is -2.33. The lowest BCUT2D eigenvalue weighted by molar-refractivity contribution is 0.0753. The van der Waals surface area contributed by atoms with Gasteiger partial charge in [0.1, 0.15) is 11.6 Å². The van der Waals surface area contributed by atoms with Crippen LogP contribution in [0.2, 0.25) is 0 Å². The first-order valence-corrected chi connectivity index (χ1v) is 9.63. The van der Waals surface area contributed by atoms with E-state index in [0.29, 0.717) is 42.5 Å². The molecule has 0 unspecified atom stereocenters. The van der Waals surface area contributed by atoms with Gasteiger partial charge in [0, 0.05) is 50.6 Å². The van der Waals surface area contributed by atoms with Crippen molar-refractivity contribution in [1.29, 1.82) is 0 Å². The average molecular weight is 402 g/mol. The smallest absolute Gasteiger partial charge is 0.257 e. The lowest BCUT2D eigenvalue weighted by atomic mass is 10.1. The summed E-state index contributed by atoms with van der Waals surface area (Å²) in [7, 11) is 5.33. The van der Waals surface area contributed by atoms with E-state index in [4.69, 9.17) is 9.47 Å². The molecule has 3 rings (SSSR count). The van der Waals surface area contributed by atoms with E-state index in [9.17, 15) is 9.18 Å². The second kappa shape index (κ2) is 9.56. The monoisotopic (exact) mass is 402 g/mol. The second-order valence-corrected chi connectivity index (χ2v) is 6.95. The van der Waals surface area contributed by atoms with Gasteiger partial charge in [0.25, 0.3) is 5.91 Å². The molecule has 2 aromatic rings. The highest BCUT2D eigenvalue weighted by molar-refractivity contribution is 6.00. The minimum atomic E-state index is -0.380. The summed E-state index contributed by atoms with van der Waals surface area (Å²) in [5, 5.41) is 3.04. The molecule has 1 aromatic carbocycles. The molecule has 1 amide bonds. The molecular weight excluding hydrogens is 375 g/mol. The lowest BCUT2D eigenvalue weighted by Gasteiger charge is -2.21. The number of halogens is 1. The quantitative estimate of drug-likeness (QED) is 0.684. The Bertz CT molecular complexity index is 862. The fourth-order valence-corrected chi connectivity index (χ4v) is 3.22. The maximum Gasteiger partial charge on any atom is 0.257 e. The number of hydrogen-bond acceptors (Lipinski definition) is 6. The topological polar surface area (TPSA) is 66.9 Å². The molecule has 156 valence electrons. The van der Waals surface area contributed by atoms with Crippen molar-refractivity contribution in [3.8, 4) is 11.6 Å². The van der Waals surface area contributed by atoms with Crippen molar-refractivity contribution in [2.45, 2.75) is 13.0 Å². The van der Waals surface area contributed by atoms with Gasteiger partial charge in [0.15, 0.2) is 0 Å². The second-order valence-electron chi connectivity index (χ2n) is 6.95. The van der Waals surface area contributed by atoms with Gasteiger partial charge >= 0.3 is 0 Å². The normalized spacial score (nSPS) is 13.9. The predicted molar refractivity (Wildman–Crippen MR) is 109 cm³/mol. The number of ether oxygens (including phenoxy) is 2. The van der Waals surface area contributed by atoms with Crippen LogP contribution in [-0.4, -0.2) is 63.2 Å². The van der Waals surface area contributed by atoms with Crippen molar-refractivity contribution in [2.75, 3.05) is 52.3 Å². The summed E-state index contributed by atoms with van der Waals surface area (Å²) >= 11 is 0. The van der Waals surface area contributed by atoms with Crippen LogP contribution >= 0.6 is 0 Å². The Hall–Kier alpha value is -2.87. The Kier molecular flexibility index (Phi) is 6.87. The zero-order valence-corrected chi connectivity index (χ0v) is 17.1. The van der Waals surface area contributed by atoms with Gasteiger partial charge < -0.3 is 24.6 Å². The van der Waals surface area contributed by atoms with E-state index in [1.165, 1.54) is 19.4 Å². The molecule has 0 bridgehead atoms. The highest BCUT2D eigenvalue weighted by Gasteiger charge is 2.26. The number of nitrogens with zero attached hydrogens (tertiary/aromatic N) is 3. The predicted octanol–water partition coefficient (Wildman–Crippen LogP) is 2.31. The molecule has 1 aliphatic rings. The number of rotatable bonds is 8. The van der Waals surface area contributed by atoms with E-state index < -0.39 is 0 Å². The molecule has 1 aromatic heterocycles. The van der Waals surface area contributed by atoms with Crippen LogP contribution in [0.25, 0.3) is 0 Å². The molecule has 7 nitrogen and oxygen atoms in total. The molecule has 8 heteroatoms. The Morgan fingerprint density at radius 1 is 1.28 bits per heavy atom. The SMILES string of the molecule is CNCCCOc1ccc(CN2CCN(C)c3cc(OC)ncc3C2=O)c(F)c1. The number of hydrogen-bond donors (Lipinski definition) is 1. The van der Waals surface area contributed by atoms with Crippen LogP contribution in [0, 0.1) is 5.82 Å². The minimum absolute atomic E-state index is 0.175. The van der Waals surface area contributed by atoms with E-state index in [1.54, 1.807) is 23.1 Å². The summed E-state index contributed by atoms with van der Waals surface area (Å²) in [5.41, 5.74) is 1.69. The third-order valence-electron chi connectivity index (χ3n) is 4.93. The fraction of sp³-hybridized carbons (Fsp3) is 0.429. The fourth-order valence-electron chi connectivity index (χ4n) is 3.22. The van der Waals surface area contributed by atoms with Crippen LogP contribution in [-0.2, 0) is 6.54 Å². The molecule has 0 saturated carbocycles. The first-order chi connectivity index (χ1) is 14.0. The minimum Gasteiger partial charge on any atom is -0.493 e. The van der Waals surface area contributed by atoms with E-state index >= 15 is 0 Å².